The summed E-state index contributed by atoms with van der Waals surface area (Å²) in [6.45, 7) is 11.5. The summed E-state index contributed by atoms with van der Waals surface area (Å²) in [5.41, 5.74) is 15.0. The number of nitrogens with two attached hydrogens (primary N) is 1. The Morgan fingerprint density at radius 1 is 1.14 bits per heavy atom. The molecule has 29 heavy (non-hydrogen) atoms. The van der Waals surface area contributed by atoms with Gasteiger partial charge < -0.3 is 5.73 Å². The molecule has 0 spiro atoms. The van der Waals surface area contributed by atoms with Crippen LogP contribution in [0.2, 0.25) is 0 Å². The topological polar surface area (TPSA) is 29.3 Å². The molecule has 2 aromatic rings. The lowest BCUT2D eigenvalue weighted by Gasteiger charge is -2.26. The van der Waals surface area contributed by atoms with Crippen molar-refractivity contribution in [3.63, 3.8) is 0 Å². The highest BCUT2D eigenvalue weighted by molar-refractivity contribution is 5.67. The zero-order valence-electron chi connectivity index (χ0n) is 18.0. The molecule has 0 aliphatic carbocycles. The van der Waals surface area contributed by atoms with Gasteiger partial charge in [-0.05, 0) is 80.0 Å². The van der Waals surface area contributed by atoms with Crippen LogP contribution in [0.4, 0.5) is 5.69 Å². The first-order valence-corrected chi connectivity index (χ1v) is 10.7. The zero-order chi connectivity index (χ0) is 20.6. The van der Waals surface area contributed by atoms with E-state index in [-0.39, 0.29) is 0 Å². The molecule has 1 aliphatic rings. The Kier molecular flexibility index (Phi) is 7.48. The number of allylic oxidation sites excluding steroid dienone is 2. The molecule has 0 fully saturated rings. The molecule has 3 rings (SSSR count). The molecule has 0 saturated carbocycles. The van der Waals surface area contributed by atoms with E-state index in [0.29, 0.717) is 0 Å². The van der Waals surface area contributed by atoms with Gasteiger partial charge in [0.05, 0.1) is 0 Å². The normalized spacial score (nSPS) is 14.9. The van der Waals surface area contributed by atoms with Gasteiger partial charge in [-0.15, -0.1) is 0 Å². The quantitative estimate of drug-likeness (QED) is 0.329. The summed E-state index contributed by atoms with van der Waals surface area (Å²) in [4.78, 5) is 2.56. The summed E-state index contributed by atoms with van der Waals surface area (Å²) >= 11 is 0. The van der Waals surface area contributed by atoms with Crippen LogP contribution >= 0.6 is 0 Å². The molecule has 0 bridgehead atoms. The van der Waals surface area contributed by atoms with Gasteiger partial charge in [-0.1, -0.05) is 66.8 Å². The number of aryl methyl sites for hydroxylation is 1. The van der Waals surface area contributed by atoms with Crippen LogP contribution in [0, 0.1) is 6.92 Å². The molecule has 0 unspecified atom stereocenters. The van der Waals surface area contributed by atoms with E-state index < -0.39 is 0 Å². The molecule has 152 valence electrons. The summed E-state index contributed by atoms with van der Waals surface area (Å²) in [5, 5.41) is 0. The van der Waals surface area contributed by atoms with Gasteiger partial charge in [0.2, 0.25) is 0 Å². The van der Waals surface area contributed by atoms with E-state index in [2.05, 4.69) is 73.0 Å². The first kappa shape index (κ1) is 21.1. The maximum absolute atomic E-state index is 6.32. The van der Waals surface area contributed by atoms with E-state index >= 15 is 0 Å². The van der Waals surface area contributed by atoms with Crippen LogP contribution in [0.3, 0.4) is 0 Å². The van der Waals surface area contributed by atoms with Gasteiger partial charge in [0, 0.05) is 18.8 Å². The third kappa shape index (κ3) is 5.95. The maximum atomic E-state index is 6.32. The maximum Gasteiger partial charge on any atom is 0.0352 e. The molecule has 2 N–H and O–H groups in total. The number of nitrogens with zero attached hydrogens (tertiary/aromatic N) is 1. The molecule has 2 nitrogen and oxygen atoms in total. The highest BCUT2D eigenvalue weighted by atomic mass is 15.1. The minimum absolute atomic E-state index is 0.908. The molecule has 2 aromatic carbocycles. The van der Waals surface area contributed by atoms with Crippen molar-refractivity contribution in [1.82, 2.24) is 4.90 Å². The molecule has 0 saturated heterocycles. The summed E-state index contributed by atoms with van der Waals surface area (Å²) < 4.78 is 0. The average molecular weight is 387 g/mol. The minimum atomic E-state index is 0.908. The van der Waals surface area contributed by atoms with Crippen molar-refractivity contribution < 1.29 is 0 Å². The van der Waals surface area contributed by atoms with Gasteiger partial charge in [-0.2, -0.15) is 0 Å². The second-order valence-electron chi connectivity index (χ2n) is 8.15. The first-order chi connectivity index (χ1) is 14.0. The first-order valence-electron chi connectivity index (χ1n) is 10.7. The fourth-order valence-corrected chi connectivity index (χ4v) is 4.00. The van der Waals surface area contributed by atoms with E-state index in [0.717, 1.165) is 50.2 Å². The largest absolute Gasteiger partial charge is 0.398 e. The van der Waals surface area contributed by atoms with E-state index in [1.165, 1.54) is 34.2 Å². The number of rotatable bonds is 8. The molecule has 0 aromatic heterocycles. The fourth-order valence-electron chi connectivity index (χ4n) is 4.00. The van der Waals surface area contributed by atoms with Crippen molar-refractivity contribution in [3.8, 4) is 0 Å². The Bertz CT molecular complexity index is 890. The van der Waals surface area contributed by atoms with Crippen LogP contribution in [0.15, 0.2) is 66.8 Å². The number of nitrogen functional groups attached to an aromatic ring is 1. The third-order valence-corrected chi connectivity index (χ3v) is 5.73. The lowest BCUT2D eigenvalue weighted by atomic mass is 9.95. The Morgan fingerprint density at radius 3 is 2.62 bits per heavy atom. The molecule has 1 heterocycles. The van der Waals surface area contributed by atoms with Gasteiger partial charge in [0.1, 0.15) is 0 Å². The van der Waals surface area contributed by atoms with E-state index in [9.17, 15) is 0 Å². The lowest BCUT2D eigenvalue weighted by molar-refractivity contribution is 0.295. The van der Waals surface area contributed by atoms with Crippen LogP contribution < -0.4 is 5.73 Å². The average Bonchev–Trinajstić information content (AvgIpc) is 2.73. The molecular weight excluding hydrogens is 352 g/mol. The van der Waals surface area contributed by atoms with Gasteiger partial charge in [0.15, 0.2) is 0 Å². The smallest absolute Gasteiger partial charge is 0.0352 e. The van der Waals surface area contributed by atoms with Crippen LogP contribution in [0.25, 0.3) is 11.6 Å². The highest BCUT2D eigenvalue weighted by Gasteiger charge is 2.13. The van der Waals surface area contributed by atoms with E-state index in [1.807, 2.05) is 13.0 Å². The van der Waals surface area contributed by atoms with Crippen molar-refractivity contribution in [2.24, 2.45) is 0 Å². The fraction of sp³-hybridized carbons (Fsp3) is 0.333. The van der Waals surface area contributed by atoms with E-state index in [4.69, 9.17) is 5.73 Å². The molecular formula is C27H34N2. The molecule has 0 amide bonds. The second kappa shape index (κ2) is 10.3. The number of anilines is 1. The summed E-state index contributed by atoms with van der Waals surface area (Å²) in [5.74, 6) is 0. The predicted octanol–water partition coefficient (Wildman–Crippen LogP) is 6.28. The summed E-state index contributed by atoms with van der Waals surface area (Å²) in [7, 11) is 0. The predicted molar refractivity (Wildman–Crippen MR) is 128 cm³/mol. The van der Waals surface area contributed by atoms with Crippen LogP contribution in [-0.4, -0.2) is 24.5 Å². The summed E-state index contributed by atoms with van der Waals surface area (Å²) in [6.07, 6.45) is 11.2. The van der Waals surface area contributed by atoms with Crippen LogP contribution in [-0.2, 0) is 6.42 Å². The SMILES string of the molecule is C=C(C)/C=C\c1c(C)ccc(N)c1CCCCN1CC=C(c2ccccc2)CC1. The van der Waals surface area contributed by atoms with Crippen molar-refractivity contribution in [2.45, 2.75) is 39.5 Å². The lowest BCUT2D eigenvalue weighted by Crippen LogP contribution is -2.29. The number of unbranched alkanes of at least 4 members (excludes halogenated alkanes) is 1. The van der Waals surface area contributed by atoms with Gasteiger partial charge >= 0.3 is 0 Å². The standard InChI is InChI=1S/C27H34N2/c1-21(2)12-14-25-22(3)13-15-27(28)26(25)11-7-8-18-29-19-16-24(17-20-29)23-9-5-4-6-10-23/h4-6,9-10,12-16H,1,7-8,11,17-20,28H2,2-3H3/b14-12-. The Labute approximate surface area is 176 Å². The highest BCUT2D eigenvalue weighted by Crippen LogP contribution is 2.26. The van der Waals surface area contributed by atoms with Gasteiger partial charge in [-0.3, -0.25) is 4.90 Å². The van der Waals surface area contributed by atoms with E-state index in [1.54, 1.807) is 0 Å². The molecule has 0 atom stereocenters. The third-order valence-electron chi connectivity index (χ3n) is 5.73. The minimum Gasteiger partial charge on any atom is -0.398 e. The van der Waals surface area contributed by atoms with Crippen molar-refractivity contribution in [2.75, 3.05) is 25.4 Å². The van der Waals surface area contributed by atoms with Crippen molar-refractivity contribution in [1.29, 1.82) is 0 Å². The van der Waals surface area contributed by atoms with Crippen LogP contribution in [0.1, 0.15) is 48.4 Å². The summed E-state index contributed by atoms with van der Waals surface area (Å²) in [6, 6.07) is 14.9. The Balaban J connectivity index is 1.52. The zero-order valence-corrected chi connectivity index (χ0v) is 18.0. The number of hydrogen-bond acceptors (Lipinski definition) is 2. The van der Waals surface area contributed by atoms with Crippen LogP contribution in [0.5, 0.6) is 0 Å². The number of hydrogen-bond donors (Lipinski definition) is 1. The van der Waals surface area contributed by atoms with Crippen molar-refractivity contribution in [3.05, 3.63) is 89.0 Å². The molecule has 0 radical (unpaired) electrons. The van der Waals surface area contributed by atoms with Gasteiger partial charge in [0.25, 0.3) is 0 Å². The molecule has 1 aliphatic heterocycles. The number of benzene rings is 2. The Hall–Kier alpha value is -2.58. The monoisotopic (exact) mass is 386 g/mol. The van der Waals surface area contributed by atoms with Gasteiger partial charge in [-0.25, -0.2) is 0 Å². The molecule has 2 heteroatoms. The second-order valence-corrected chi connectivity index (χ2v) is 8.15. The Morgan fingerprint density at radius 2 is 1.93 bits per heavy atom. The van der Waals surface area contributed by atoms with Crippen molar-refractivity contribution >= 4 is 17.3 Å².